The SMILES string of the molecule is CC(C)(C)c1ccc(N2c3cc(Br)ccc3B3c4ccc(Br)cc4N(c4ccc(C(C)(C)C)cc4)c4cccc2c43)cc1. The molecule has 5 aromatic rings. The minimum atomic E-state index is 0.0966. The third kappa shape index (κ3) is 4.76. The average molecular weight is 690 g/mol. The van der Waals surface area contributed by atoms with Crippen molar-refractivity contribution in [1.29, 1.82) is 0 Å². The number of benzene rings is 5. The van der Waals surface area contributed by atoms with Gasteiger partial charge in [-0.1, -0.05) is 116 Å². The van der Waals surface area contributed by atoms with Crippen LogP contribution < -0.4 is 26.2 Å². The molecule has 0 N–H and O–H groups in total. The normalized spacial score (nSPS) is 13.9. The molecule has 5 heteroatoms. The van der Waals surface area contributed by atoms with Crippen molar-refractivity contribution >= 4 is 89.1 Å². The Morgan fingerprint density at radius 3 is 1.26 bits per heavy atom. The molecule has 0 radical (unpaired) electrons. The standard InChI is InChI=1S/C38H35BBr2N2/c1-37(2,3)24-10-16-28(17-11-24)42-32-8-7-9-33-36(32)39(30-20-14-26(40)22-34(30)42)31-21-15-27(41)23-35(31)43(33)29-18-12-25(13-19-29)38(4,5)6/h7-23H,1-6H3. The van der Waals surface area contributed by atoms with Crippen LogP contribution in [0.2, 0.25) is 0 Å². The molecule has 5 aromatic carbocycles. The van der Waals surface area contributed by atoms with Gasteiger partial charge in [0.15, 0.2) is 0 Å². The maximum Gasteiger partial charge on any atom is 0.252 e. The number of anilines is 6. The summed E-state index contributed by atoms with van der Waals surface area (Å²) in [6.07, 6.45) is 0. The Hall–Kier alpha value is -3.28. The second kappa shape index (κ2) is 10.1. The fourth-order valence-corrected chi connectivity index (χ4v) is 7.35. The number of hydrogen-bond donors (Lipinski definition) is 0. The molecule has 214 valence electrons. The summed E-state index contributed by atoms with van der Waals surface area (Å²) in [4.78, 5) is 4.90. The highest BCUT2D eigenvalue weighted by Gasteiger charge is 2.43. The molecule has 0 aliphatic carbocycles. The summed E-state index contributed by atoms with van der Waals surface area (Å²) in [6, 6.07) is 38.6. The zero-order chi connectivity index (χ0) is 30.3. The van der Waals surface area contributed by atoms with Crippen molar-refractivity contribution < 1.29 is 0 Å². The molecular weight excluding hydrogens is 655 g/mol. The van der Waals surface area contributed by atoms with Crippen LogP contribution in [0.3, 0.4) is 0 Å². The predicted molar refractivity (Wildman–Crippen MR) is 193 cm³/mol. The lowest BCUT2D eigenvalue weighted by Gasteiger charge is -2.44. The van der Waals surface area contributed by atoms with E-state index in [1.807, 2.05) is 0 Å². The number of fused-ring (bicyclic) bond motifs is 4. The predicted octanol–water partition coefficient (Wildman–Crippen LogP) is 9.89. The van der Waals surface area contributed by atoms with Gasteiger partial charge in [-0.2, -0.15) is 0 Å². The van der Waals surface area contributed by atoms with Crippen LogP contribution in [-0.2, 0) is 10.8 Å². The third-order valence-corrected chi connectivity index (χ3v) is 9.89. The van der Waals surface area contributed by atoms with Crippen molar-refractivity contribution in [3.05, 3.63) is 123 Å². The van der Waals surface area contributed by atoms with Crippen molar-refractivity contribution in [2.24, 2.45) is 0 Å². The quantitative estimate of drug-likeness (QED) is 0.167. The van der Waals surface area contributed by atoms with Gasteiger partial charge >= 0.3 is 0 Å². The van der Waals surface area contributed by atoms with Crippen molar-refractivity contribution in [3.63, 3.8) is 0 Å². The summed E-state index contributed by atoms with van der Waals surface area (Å²) in [5, 5.41) is 0. The average Bonchev–Trinajstić information content (AvgIpc) is 2.96. The van der Waals surface area contributed by atoms with Crippen molar-refractivity contribution in [3.8, 4) is 0 Å². The first-order valence-electron chi connectivity index (χ1n) is 14.9. The zero-order valence-electron chi connectivity index (χ0n) is 25.5. The molecule has 0 atom stereocenters. The van der Waals surface area contributed by atoms with E-state index in [-0.39, 0.29) is 17.5 Å². The molecule has 0 amide bonds. The molecule has 0 saturated heterocycles. The first kappa shape index (κ1) is 28.5. The summed E-state index contributed by atoms with van der Waals surface area (Å²) in [5.41, 5.74) is 14.0. The van der Waals surface area contributed by atoms with Crippen LogP contribution in [0.15, 0.2) is 112 Å². The lowest BCUT2D eigenvalue weighted by Crippen LogP contribution is -2.61. The van der Waals surface area contributed by atoms with Crippen LogP contribution in [-0.4, -0.2) is 6.71 Å². The van der Waals surface area contributed by atoms with E-state index in [4.69, 9.17) is 0 Å². The van der Waals surface area contributed by atoms with Crippen LogP contribution in [0.1, 0.15) is 52.7 Å². The van der Waals surface area contributed by atoms with Gasteiger partial charge in [0.2, 0.25) is 0 Å². The second-order valence-electron chi connectivity index (χ2n) is 13.8. The van der Waals surface area contributed by atoms with Gasteiger partial charge in [-0.05, 0) is 99.0 Å². The summed E-state index contributed by atoms with van der Waals surface area (Å²) in [6.45, 7) is 13.7. The second-order valence-corrected chi connectivity index (χ2v) is 15.6. The highest BCUT2D eigenvalue weighted by Crippen LogP contribution is 2.45. The molecule has 2 nitrogen and oxygen atoms in total. The first-order valence-corrected chi connectivity index (χ1v) is 16.5. The van der Waals surface area contributed by atoms with Crippen molar-refractivity contribution in [2.75, 3.05) is 9.80 Å². The fraction of sp³-hybridized carbons (Fsp3) is 0.211. The largest absolute Gasteiger partial charge is 0.311 e. The molecular formula is C38H35BBr2N2. The molecule has 0 spiro atoms. The van der Waals surface area contributed by atoms with Crippen LogP contribution in [0.5, 0.6) is 0 Å². The summed E-state index contributed by atoms with van der Waals surface area (Å²) < 4.78 is 2.16. The molecule has 2 aliphatic rings. The number of halogens is 2. The fourth-order valence-electron chi connectivity index (χ4n) is 6.65. The van der Waals surface area contributed by atoms with Crippen LogP contribution in [0, 0.1) is 0 Å². The molecule has 2 aliphatic heterocycles. The van der Waals surface area contributed by atoms with E-state index in [0.29, 0.717) is 0 Å². The molecule has 7 rings (SSSR count). The Labute approximate surface area is 273 Å². The van der Waals surface area contributed by atoms with E-state index in [9.17, 15) is 0 Å². The lowest BCUT2D eigenvalue weighted by atomic mass is 9.33. The Kier molecular flexibility index (Phi) is 6.72. The van der Waals surface area contributed by atoms with Gasteiger partial charge < -0.3 is 9.80 Å². The maximum atomic E-state index is 3.80. The maximum absolute atomic E-state index is 3.80. The van der Waals surface area contributed by atoms with E-state index in [1.165, 1.54) is 61.6 Å². The van der Waals surface area contributed by atoms with Gasteiger partial charge in [-0.3, -0.25) is 0 Å². The van der Waals surface area contributed by atoms with Gasteiger partial charge in [0.1, 0.15) is 0 Å². The number of nitrogens with zero attached hydrogens (tertiary/aromatic N) is 2. The molecule has 0 saturated carbocycles. The molecule has 43 heavy (non-hydrogen) atoms. The Morgan fingerprint density at radius 2 is 0.884 bits per heavy atom. The van der Waals surface area contributed by atoms with E-state index >= 15 is 0 Å². The molecule has 0 unspecified atom stereocenters. The van der Waals surface area contributed by atoms with E-state index in [1.54, 1.807) is 0 Å². The van der Waals surface area contributed by atoms with Crippen molar-refractivity contribution in [2.45, 2.75) is 52.4 Å². The molecule has 2 heterocycles. The summed E-state index contributed by atoms with van der Waals surface area (Å²) in [5.74, 6) is 0. The van der Waals surface area contributed by atoms with Gasteiger partial charge in [-0.25, -0.2) is 0 Å². The lowest BCUT2D eigenvalue weighted by molar-refractivity contribution is 0.590. The van der Waals surface area contributed by atoms with Gasteiger partial charge in [-0.15, -0.1) is 0 Å². The monoisotopic (exact) mass is 688 g/mol. The highest BCUT2D eigenvalue weighted by molar-refractivity contribution is 9.10. The number of rotatable bonds is 2. The minimum absolute atomic E-state index is 0.0966. The molecule has 0 aromatic heterocycles. The smallest absolute Gasteiger partial charge is 0.252 e. The van der Waals surface area contributed by atoms with Crippen LogP contribution in [0.25, 0.3) is 0 Å². The van der Waals surface area contributed by atoms with Gasteiger partial charge in [0.05, 0.1) is 0 Å². The molecule has 0 bridgehead atoms. The number of hydrogen-bond acceptors (Lipinski definition) is 2. The topological polar surface area (TPSA) is 6.48 Å². The third-order valence-electron chi connectivity index (χ3n) is 8.90. The minimum Gasteiger partial charge on any atom is -0.311 e. The van der Waals surface area contributed by atoms with E-state index < -0.39 is 0 Å². The Bertz CT molecular complexity index is 1730. The van der Waals surface area contributed by atoms with Gasteiger partial charge in [0, 0.05) is 43.1 Å². The van der Waals surface area contributed by atoms with Crippen molar-refractivity contribution in [1.82, 2.24) is 0 Å². The summed E-state index contributed by atoms with van der Waals surface area (Å²) >= 11 is 7.60. The Morgan fingerprint density at radius 1 is 0.488 bits per heavy atom. The zero-order valence-corrected chi connectivity index (χ0v) is 28.7. The highest BCUT2D eigenvalue weighted by atomic mass is 79.9. The van der Waals surface area contributed by atoms with Crippen LogP contribution in [0.4, 0.5) is 34.1 Å². The Balaban J connectivity index is 1.49. The van der Waals surface area contributed by atoms with E-state index in [2.05, 4.69) is 186 Å². The van der Waals surface area contributed by atoms with Crippen LogP contribution >= 0.6 is 31.9 Å². The van der Waals surface area contributed by atoms with E-state index in [0.717, 1.165) is 8.95 Å². The first-order chi connectivity index (χ1) is 20.4. The summed E-state index contributed by atoms with van der Waals surface area (Å²) in [7, 11) is 0. The molecule has 0 fully saturated rings. The van der Waals surface area contributed by atoms with Gasteiger partial charge in [0.25, 0.3) is 6.71 Å².